The molecule has 2 N–H and O–H groups in total. The molecule has 0 bridgehead atoms. The van der Waals surface area contributed by atoms with Gasteiger partial charge in [0.15, 0.2) is 0 Å². The first kappa shape index (κ1) is 9.38. The summed E-state index contributed by atoms with van der Waals surface area (Å²) in [4.78, 5) is 10.6. The lowest BCUT2D eigenvalue weighted by molar-refractivity contribution is -0.126. The summed E-state index contributed by atoms with van der Waals surface area (Å²) in [6.07, 6.45) is 0.962. The van der Waals surface area contributed by atoms with E-state index >= 15 is 0 Å². The third kappa shape index (κ3) is 2.32. The van der Waals surface area contributed by atoms with Crippen molar-refractivity contribution in [3.05, 3.63) is 0 Å². The van der Waals surface area contributed by atoms with Gasteiger partial charge in [-0.05, 0) is 0 Å². The molecule has 0 aliphatic carbocycles. The van der Waals surface area contributed by atoms with Crippen LogP contribution in [0.25, 0.3) is 0 Å². The van der Waals surface area contributed by atoms with E-state index in [9.17, 15) is 13.2 Å². The Hall–Kier alpha value is -0.620. The minimum Gasteiger partial charge on any atom is -0.272 e. The van der Waals surface area contributed by atoms with Crippen LogP contribution in [-0.2, 0) is 14.8 Å². The maximum Gasteiger partial charge on any atom is 0.250 e. The first-order valence-electron chi connectivity index (χ1n) is 2.67. The minimum absolute atomic E-state index is 0.0869. The van der Waals surface area contributed by atoms with Gasteiger partial charge < -0.3 is 0 Å². The van der Waals surface area contributed by atoms with Crippen molar-refractivity contribution in [2.24, 2.45) is 5.84 Å². The molecular formula is C4H10N2O3S. The van der Waals surface area contributed by atoms with Gasteiger partial charge >= 0.3 is 0 Å². The highest BCUT2D eigenvalue weighted by Gasteiger charge is 2.16. The van der Waals surface area contributed by atoms with Crippen molar-refractivity contribution in [3.63, 3.8) is 0 Å². The van der Waals surface area contributed by atoms with Crippen LogP contribution in [0.5, 0.6) is 0 Å². The first-order chi connectivity index (χ1) is 4.39. The molecule has 0 saturated heterocycles. The van der Waals surface area contributed by atoms with Crippen LogP contribution in [0.15, 0.2) is 0 Å². The van der Waals surface area contributed by atoms with E-state index in [0.717, 1.165) is 6.26 Å². The fraction of sp³-hybridized carbons (Fsp3) is 0.750. The van der Waals surface area contributed by atoms with Crippen LogP contribution in [0.2, 0.25) is 0 Å². The average Bonchev–Trinajstić information content (AvgIpc) is 1.83. The molecule has 1 amide bonds. The molecule has 0 aliphatic heterocycles. The molecule has 0 aliphatic rings. The number of nitrogens with two attached hydrogens (primary N) is 1. The fourth-order valence-corrected chi connectivity index (χ4v) is 0.840. The van der Waals surface area contributed by atoms with E-state index in [4.69, 9.17) is 5.84 Å². The third-order valence-electron chi connectivity index (χ3n) is 0.906. The zero-order chi connectivity index (χ0) is 8.36. The smallest absolute Gasteiger partial charge is 0.250 e. The quantitative estimate of drug-likeness (QED) is 0.326. The third-order valence-corrected chi connectivity index (χ3v) is 1.82. The SMILES string of the molecule is CCC(=O)N(N)S(C)(=O)=O. The second-order valence-electron chi connectivity index (χ2n) is 1.81. The Bertz CT molecular complexity index is 221. The van der Waals surface area contributed by atoms with Gasteiger partial charge in [0, 0.05) is 6.42 Å². The monoisotopic (exact) mass is 166 g/mol. The number of carbonyl (C=O) groups excluding carboxylic acids is 1. The Kier molecular flexibility index (Phi) is 2.79. The summed E-state index contributed by atoms with van der Waals surface area (Å²) in [7, 11) is -3.55. The highest BCUT2D eigenvalue weighted by Crippen LogP contribution is 1.92. The largest absolute Gasteiger partial charge is 0.272 e. The molecule has 6 heteroatoms. The Morgan fingerprint density at radius 2 is 2.00 bits per heavy atom. The fourth-order valence-electron chi connectivity index (χ4n) is 0.341. The predicted molar refractivity (Wildman–Crippen MR) is 36.2 cm³/mol. The molecule has 0 radical (unpaired) electrons. The van der Waals surface area contributed by atoms with E-state index in [1.807, 2.05) is 0 Å². The van der Waals surface area contributed by atoms with E-state index in [-0.39, 0.29) is 10.8 Å². The normalized spacial score (nSPS) is 11.1. The number of carbonyl (C=O) groups is 1. The van der Waals surface area contributed by atoms with E-state index in [2.05, 4.69) is 0 Å². The van der Waals surface area contributed by atoms with Gasteiger partial charge in [-0.25, -0.2) is 14.3 Å². The highest BCUT2D eigenvalue weighted by atomic mass is 32.2. The van der Waals surface area contributed by atoms with E-state index in [1.54, 1.807) is 0 Å². The maximum atomic E-state index is 10.6. The van der Waals surface area contributed by atoms with E-state index in [0.29, 0.717) is 0 Å². The van der Waals surface area contributed by atoms with Crippen molar-refractivity contribution in [2.45, 2.75) is 13.3 Å². The van der Waals surface area contributed by atoms with Crippen LogP contribution in [0.1, 0.15) is 13.3 Å². The lowest BCUT2D eigenvalue weighted by atomic mass is 10.5. The summed E-state index contributed by atoms with van der Waals surface area (Å²) in [5.41, 5.74) is 0. The standard InChI is InChI=1S/C4H10N2O3S/c1-3-4(7)6(5)10(2,8)9/h3,5H2,1-2H3. The van der Waals surface area contributed by atoms with Crippen LogP contribution in [-0.4, -0.2) is 25.0 Å². The van der Waals surface area contributed by atoms with Gasteiger partial charge in [0.1, 0.15) is 0 Å². The number of sulfonamides is 1. The number of nitrogens with zero attached hydrogens (tertiary/aromatic N) is 1. The molecule has 0 spiro atoms. The van der Waals surface area contributed by atoms with Crippen LogP contribution in [0, 0.1) is 0 Å². The lowest BCUT2D eigenvalue weighted by Crippen LogP contribution is -2.41. The molecule has 10 heavy (non-hydrogen) atoms. The van der Waals surface area contributed by atoms with Crippen LogP contribution in [0.4, 0.5) is 0 Å². The van der Waals surface area contributed by atoms with Crippen molar-refractivity contribution in [3.8, 4) is 0 Å². The Morgan fingerprint density at radius 3 is 2.10 bits per heavy atom. The molecule has 0 fully saturated rings. The Labute approximate surface area is 59.8 Å². The highest BCUT2D eigenvalue weighted by molar-refractivity contribution is 7.88. The number of rotatable bonds is 2. The molecule has 0 aromatic rings. The van der Waals surface area contributed by atoms with Gasteiger partial charge in [-0.3, -0.25) is 4.79 Å². The predicted octanol–water partition coefficient (Wildman–Crippen LogP) is -0.942. The minimum atomic E-state index is -3.55. The summed E-state index contributed by atoms with van der Waals surface area (Å²) in [5, 5.41) is 0. The maximum absolute atomic E-state index is 10.6. The summed E-state index contributed by atoms with van der Waals surface area (Å²) in [6, 6.07) is 0. The molecule has 5 nitrogen and oxygen atoms in total. The van der Waals surface area contributed by atoms with Crippen molar-refractivity contribution in [1.29, 1.82) is 0 Å². The summed E-state index contributed by atoms with van der Waals surface area (Å²) in [5.74, 6) is 4.29. The van der Waals surface area contributed by atoms with Crippen molar-refractivity contribution in [1.82, 2.24) is 4.41 Å². The second kappa shape index (κ2) is 2.98. The zero-order valence-electron chi connectivity index (χ0n) is 5.86. The van der Waals surface area contributed by atoms with Gasteiger partial charge in [-0.15, -0.1) is 0 Å². The Balaban J connectivity index is 4.39. The molecule has 0 saturated carbocycles. The molecule has 60 valence electrons. The van der Waals surface area contributed by atoms with Gasteiger partial charge in [-0.2, -0.15) is 4.41 Å². The zero-order valence-corrected chi connectivity index (χ0v) is 6.68. The van der Waals surface area contributed by atoms with Crippen molar-refractivity contribution >= 4 is 15.9 Å². The number of hydrogen-bond acceptors (Lipinski definition) is 4. The molecule has 0 aromatic carbocycles. The lowest BCUT2D eigenvalue weighted by Gasteiger charge is -2.11. The molecule has 0 heterocycles. The number of hydrazine groups is 1. The van der Waals surface area contributed by atoms with Gasteiger partial charge in [0.25, 0.3) is 0 Å². The molecule has 0 aromatic heterocycles. The molecule has 0 unspecified atom stereocenters. The molecule has 0 rings (SSSR count). The van der Waals surface area contributed by atoms with Crippen LogP contribution >= 0.6 is 0 Å². The molecule has 0 atom stereocenters. The topological polar surface area (TPSA) is 80.5 Å². The van der Waals surface area contributed by atoms with Crippen molar-refractivity contribution < 1.29 is 13.2 Å². The number of amides is 1. The summed E-state index contributed by atoms with van der Waals surface area (Å²) >= 11 is 0. The van der Waals surface area contributed by atoms with Crippen LogP contribution < -0.4 is 5.84 Å². The van der Waals surface area contributed by atoms with E-state index < -0.39 is 15.9 Å². The average molecular weight is 166 g/mol. The van der Waals surface area contributed by atoms with Gasteiger partial charge in [0.05, 0.1) is 6.26 Å². The second-order valence-corrected chi connectivity index (χ2v) is 3.67. The van der Waals surface area contributed by atoms with Crippen LogP contribution in [0.3, 0.4) is 0 Å². The number of hydrogen-bond donors (Lipinski definition) is 1. The summed E-state index contributed by atoms with van der Waals surface area (Å²) < 4.78 is 21.3. The van der Waals surface area contributed by atoms with Crippen molar-refractivity contribution in [2.75, 3.05) is 6.26 Å². The first-order valence-corrected chi connectivity index (χ1v) is 4.52. The summed E-state index contributed by atoms with van der Waals surface area (Å²) in [6.45, 7) is 1.54. The van der Waals surface area contributed by atoms with Gasteiger partial charge in [0.2, 0.25) is 15.9 Å². The van der Waals surface area contributed by atoms with E-state index in [1.165, 1.54) is 6.92 Å². The molecular weight excluding hydrogens is 156 g/mol. The Morgan fingerprint density at radius 1 is 1.60 bits per heavy atom. The van der Waals surface area contributed by atoms with Gasteiger partial charge in [-0.1, -0.05) is 6.92 Å².